The van der Waals surface area contributed by atoms with Gasteiger partial charge in [-0.05, 0) is 6.07 Å². The van der Waals surface area contributed by atoms with Gasteiger partial charge in [-0.3, -0.25) is 9.97 Å². The van der Waals surface area contributed by atoms with Crippen molar-refractivity contribution in [1.29, 1.82) is 0 Å². The van der Waals surface area contributed by atoms with E-state index in [-0.39, 0.29) is 0 Å². The van der Waals surface area contributed by atoms with Gasteiger partial charge in [-0.25, -0.2) is 0 Å². The van der Waals surface area contributed by atoms with E-state index in [0.717, 1.165) is 11.3 Å². The van der Waals surface area contributed by atoms with Gasteiger partial charge in [0.2, 0.25) is 0 Å². The highest BCUT2D eigenvalue weighted by Crippen LogP contribution is 2.24. The summed E-state index contributed by atoms with van der Waals surface area (Å²) in [6, 6.07) is 7.58. The predicted molar refractivity (Wildman–Crippen MR) is 52.5 cm³/mol. The zero-order valence-corrected chi connectivity index (χ0v) is 7.57. The Morgan fingerprint density at radius 2 is 1.92 bits per heavy atom. The molecule has 2 aromatic rings. The van der Waals surface area contributed by atoms with E-state index in [4.69, 9.17) is 11.6 Å². The molecule has 0 aliphatic carbocycles. The van der Waals surface area contributed by atoms with Gasteiger partial charge in [0.1, 0.15) is 0 Å². The molecule has 0 bridgehead atoms. The molecule has 0 spiro atoms. The SMILES string of the molecule is Clc1ccccc1-c1cnccn1. The van der Waals surface area contributed by atoms with Gasteiger partial charge < -0.3 is 0 Å². The lowest BCUT2D eigenvalue weighted by Crippen LogP contribution is -1.84. The van der Waals surface area contributed by atoms with Gasteiger partial charge in [-0.2, -0.15) is 0 Å². The Balaban J connectivity index is 2.54. The van der Waals surface area contributed by atoms with Crippen LogP contribution in [-0.2, 0) is 0 Å². The molecule has 0 fully saturated rings. The summed E-state index contributed by atoms with van der Waals surface area (Å²) in [6.07, 6.45) is 4.99. The average Bonchev–Trinajstić information content (AvgIpc) is 2.20. The van der Waals surface area contributed by atoms with E-state index < -0.39 is 0 Å². The van der Waals surface area contributed by atoms with Crippen LogP contribution >= 0.6 is 11.6 Å². The van der Waals surface area contributed by atoms with E-state index in [9.17, 15) is 0 Å². The van der Waals surface area contributed by atoms with Gasteiger partial charge in [-0.15, -0.1) is 0 Å². The molecule has 3 heteroatoms. The Labute approximate surface area is 81.2 Å². The Bertz CT molecular complexity index is 401. The van der Waals surface area contributed by atoms with Crippen molar-refractivity contribution >= 4 is 11.6 Å². The largest absolute Gasteiger partial charge is 0.261 e. The zero-order valence-electron chi connectivity index (χ0n) is 6.81. The minimum absolute atomic E-state index is 0.697. The number of hydrogen-bond donors (Lipinski definition) is 0. The van der Waals surface area contributed by atoms with Crippen LogP contribution in [0.4, 0.5) is 0 Å². The van der Waals surface area contributed by atoms with Gasteiger partial charge in [0.05, 0.1) is 16.9 Å². The van der Waals surface area contributed by atoms with Crippen molar-refractivity contribution in [3.63, 3.8) is 0 Å². The van der Waals surface area contributed by atoms with Crippen LogP contribution < -0.4 is 0 Å². The molecule has 0 aliphatic rings. The molecule has 1 aromatic carbocycles. The van der Waals surface area contributed by atoms with Crippen molar-refractivity contribution < 1.29 is 0 Å². The summed E-state index contributed by atoms with van der Waals surface area (Å²) in [5, 5.41) is 0.697. The van der Waals surface area contributed by atoms with E-state index in [2.05, 4.69) is 9.97 Å². The molecule has 0 N–H and O–H groups in total. The lowest BCUT2D eigenvalue weighted by atomic mass is 10.2. The van der Waals surface area contributed by atoms with Crippen LogP contribution in [0.2, 0.25) is 5.02 Å². The third kappa shape index (κ3) is 1.68. The standard InChI is InChI=1S/C10H7ClN2/c11-9-4-2-1-3-8(9)10-7-12-5-6-13-10/h1-7H. The number of benzene rings is 1. The summed E-state index contributed by atoms with van der Waals surface area (Å²) in [4.78, 5) is 8.14. The van der Waals surface area contributed by atoms with Crippen molar-refractivity contribution in [3.05, 3.63) is 47.9 Å². The van der Waals surface area contributed by atoms with Crippen LogP contribution in [0.1, 0.15) is 0 Å². The summed E-state index contributed by atoms with van der Waals surface area (Å²) >= 11 is 5.99. The van der Waals surface area contributed by atoms with E-state index in [1.165, 1.54) is 0 Å². The molecule has 0 saturated carbocycles. The fourth-order valence-corrected chi connectivity index (χ4v) is 1.34. The van der Waals surface area contributed by atoms with Gasteiger partial charge in [0.15, 0.2) is 0 Å². The van der Waals surface area contributed by atoms with Crippen molar-refractivity contribution in [3.8, 4) is 11.3 Å². The van der Waals surface area contributed by atoms with Gasteiger partial charge in [0, 0.05) is 18.0 Å². The molecule has 0 aliphatic heterocycles. The van der Waals surface area contributed by atoms with Crippen LogP contribution in [0.15, 0.2) is 42.9 Å². The molecule has 64 valence electrons. The monoisotopic (exact) mass is 190 g/mol. The van der Waals surface area contributed by atoms with Gasteiger partial charge >= 0.3 is 0 Å². The molecule has 1 aromatic heterocycles. The molecule has 0 amide bonds. The van der Waals surface area contributed by atoms with E-state index in [0.29, 0.717) is 5.02 Å². The van der Waals surface area contributed by atoms with Crippen molar-refractivity contribution in [2.75, 3.05) is 0 Å². The summed E-state index contributed by atoms with van der Waals surface area (Å²) < 4.78 is 0. The van der Waals surface area contributed by atoms with Crippen LogP contribution in [-0.4, -0.2) is 9.97 Å². The molecule has 0 unspecified atom stereocenters. The Morgan fingerprint density at radius 1 is 1.08 bits per heavy atom. The maximum Gasteiger partial charge on any atom is 0.0900 e. The highest BCUT2D eigenvalue weighted by molar-refractivity contribution is 6.33. The predicted octanol–water partition coefficient (Wildman–Crippen LogP) is 2.80. The second-order valence-electron chi connectivity index (χ2n) is 2.57. The smallest absolute Gasteiger partial charge is 0.0900 e. The number of hydrogen-bond acceptors (Lipinski definition) is 2. The van der Waals surface area contributed by atoms with Crippen LogP contribution in [0.5, 0.6) is 0 Å². The number of halogens is 1. The highest BCUT2D eigenvalue weighted by atomic mass is 35.5. The summed E-state index contributed by atoms with van der Waals surface area (Å²) in [5.74, 6) is 0. The second-order valence-corrected chi connectivity index (χ2v) is 2.98. The third-order valence-electron chi connectivity index (χ3n) is 1.71. The summed E-state index contributed by atoms with van der Waals surface area (Å²) in [7, 11) is 0. The number of aromatic nitrogens is 2. The minimum Gasteiger partial charge on any atom is -0.261 e. The molecule has 13 heavy (non-hydrogen) atoms. The Hall–Kier alpha value is -1.41. The molecular weight excluding hydrogens is 184 g/mol. The Morgan fingerprint density at radius 3 is 2.62 bits per heavy atom. The second kappa shape index (κ2) is 3.54. The van der Waals surface area contributed by atoms with Crippen LogP contribution in [0.3, 0.4) is 0 Å². The molecule has 1 heterocycles. The maximum absolute atomic E-state index is 5.99. The van der Waals surface area contributed by atoms with Crippen LogP contribution in [0.25, 0.3) is 11.3 Å². The molecule has 2 rings (SSSR count). The van der Waals surface area contributed by atoms with Crippen molar-refractivity contribution in [2.45, 2.75) is 0 Å². The zero-order chi connectivity index (χ0) is 9.10. The van der Waals surface area contributed by atoms with Gasteiger partial charge in [0.25, 0.3) is 0 Å². The number of nitrogens with zero attached hydrogens (tertiary/aromatic N) is 2. The van der Waals surface area contributed by atoms with Crippen molar-refractivity contribution in [2.24, 2.45) is 0 Å². The first-order chi connectivity index (χ1) is 6.38. The van der Waals surface area contributed by atoms with Gasteiger partial charge in [-0.1, -0.05) is 29.8 Å². The maximum atomic E-state index is 5.99. The quantitative estimate of drug-likeness (QED) is 0.691. The van der Waals surface area contributed by atoms with Crippen LogP contribution in [0, 0.1) is 0 Å². The summed E-state index contributed by atoms with van der Waals surface area (Å²) in [6.45, 7) is 0. The molecule has 0 saturated heterocycles. The first-order valence-corrected chi connectivity index (χ1v) is 4.26. The number of rotatable bonds is 1. The van der Waals surface area contributed by atoms with E-state index in [1.807, 2.05) is 24.3 Å². The summed E-state index contributed by atoms with van der Waals surface area (Å²) in [5.41, 5.74) is 1.71. The van der Waals surface area contributed by atoms with E-state index >= 15 is 0 Å². The molecule has 0 radical (unpaired) electrons. The first-order valence-electron chi connectivity index (χ1n) is 3.89. The normalized spacial score (nSPS) is 9.92. The third-order valence-corrected chi connectivity index (χ3v) is 2.04. The highest BCUT2D eigenvalue weighted by Gasteiger charge is 2.01. The molecular formula is C10H7ClN2. The Kier molecular flexibility index (Phi) is 2.23. The lowest BCUT2D eigenvalue weighted by Gasteiger charge is -2.00. The minimum atomic E-state index is 0.697. The fraction of sp³-hybridized carbons (Fsp3) is 0. The first kappa shape index (κ1) is 8.20. The topological polar surface area (TPSA) is 25.8 Å². The molecule has 2 nitrogen and oxygen atoms in total. The van der Waals surface area contributed by atoms with Crippen molar-refractivity contribution in [1.82, 2.24) is 9.97 Å². The fourth-order valence-electron chi connectivity index (χ4n) is 1.11. The lowest BCUT2D eigenvalue weighted by molar-refractivity contribution is 1.21. The molecule has 0 atom stereocenters. The van der Waals surface area contributed by atoms with E-state index in [1.54, 1.807) is 18.6 Å². The average molecular weight is 191 g/mol.